The van der Waals surface area contributed by atoms with Crippen molar-refractivity contribution in [3.05, 3.63) is 47.3 Å². The molecule has 154 valence electrons. The number of hydrazine groups is 1. The largest absolute Gasteiger partial charge is 0.337 e. The van der Waals surface area contributed by atoms with E-state index in [4.69, 9.17) is 0 Å². The number of benzene rings is 1. The number of carbonyl (C=O) groups is 1. The monoisotopic (exact) mass is 394 g/mol. The van der Waals surface area contributed by atoms with Crippen molar-refractivity contribution in [2.75, 3.05) is 19.6 Å². The van der Waals surface area contributed by atoms with Gasteiger partial charge in [0.25, 0.3) is 5.91 Å². The number of aromatic nitrogens is 3. The quantitative estimate of drug-likeness (QED) is 0.832. The van der Waals surface area contributed by atoms with Crippen molar-refractivity contribution in [1.29, 1.82) is 0 Å². The molecule has 2 N–H and O–H groups in total. The van der Waals surface area contributed by atoms with Crippen LogP contribution in [0.4, 0.5) is 0 Å². The van der Waals surface area contributed by atoms with Gasteiger partial charge in [-0.25, -0.2) is 4.68 Å². The molecule has 1 saturated carbocycles. The van der Waals surface area contributed by atoms with Crippen molar-refractivity contribution in [2.24, 2.45) is 5.92 Å². The molecule has 2 saturated heterocycles. The number of amides is 1. The van der Waals surface area contributed by atoms with Gasteiger partial charge >= 0.3 is 0 Å². The van der Waals surface area contributed by atoms with E-state index in [1.807, 2.05) is 27.8 Å². The molecule has 2 aromatic rings. The van der Waals surface area contributed by atoms with Crippen LogP contribution in [0, 0.1) is 5.92 Å². The first kappa shape index (κ1) is 18.8. The minimum Gasteiger partial charge on any atom is -0.337 e. The highest BCUT2D eigenvalue weighted by Crippen LogP contribution is 2.38. The molecule has 3 atom stereocenters. The maximum Gasteiger partial charge on any atom is 0.274 e. The predicted molar refractivity (Wildman–Crippen MR) is 110 cm³/mol. The number of nitrogens with one attached hydrogen (secondary N) is 2. The summed E-state index contributed by atoms with van der Waals surface area (Å²) in [5.74, 6) is 1.03. The highest BCUT2D eigenvalue weighted by Gasteiger charge is 2.38. The topological polar surface area (TPSA) is 75.1 Å². The van der Waals surface area contributed by atoms with E-state index in [1.165, 1.54) is 6.42 Å². The number of nitrogens with zero attached hydrogens (tertiary/aromatic N) is 4. The Kier molecular flexibility index (Phi) is 5.33. The van der Waals surface area contributed by atoms with Gasteiger partial charge in [-0.15, -0.1) is 5.10 Å². The summed E-state index contributed by atoms with van der Waals surface area (Å²) in [7, 11) is 0. The van der Waals surface area contributed by atoms with Crippen LogP contribution in [0.15, 0.2) is 30.3 Å². The normalized spacial score (nSPS) is 27.0. The molecule has 1 aromatic heterocycles. The number of rotatable bonds is 4. The van der Waals surface area contributed by atoms with Gasteiger partial charge in [-0.05, 0) is 50.0 Å². The maximum absolute atomic E-state index is 13.6. The third-order valence-corrected chi connectivity index (χ3v) is 6.80. The fourth-order valence-electron chi connectivity index (χ4n) is 5.18. The molecule has 1 aliphatic carbocycles. The van der Waals surface area contributed by atoms with Crippen LogP contribution in [0.3, 0.4) is 0 Å². The van der Waals surface area contributed by atoms with Crippen molar-refractivity contribution in [3.63, 3.8) is 0 Å². The zero-order valence-electron chi connectivity index (χ0n) is 16.9. The van der Waals surface area contributed by atoms with Gasteiger partial charge in [0.05, 0.1) is 12.2 Å². The molecule has 7 heteroatoms. The molecule has 0 bridgehead atoms. The second-order valence-electron chi connectivity index (χ2n) is 8.72. The molecule has 3 unspecified atom stereocenters. The summed E-state index contributed by atoms with van der Waals surface area (Å²) in [5.41, 5.74) is 9.47. The molecule has 29 heavy (non-hydrogen) atoms. The first-order valence-electron chi connectivity index (χ1n) is 11.0. The molecule has 1 amide bonds. The van der Waals surface area contributed by atoms with Crippen LogP contribution in [-0.4, -0.2) is 51.5 Å². The molecule has 2 aliphatic heterocycles. The Hall–Kier alpha value is -2.25. The Labute approximate surface area is 171 Å². The minimum absolute atomic E-state index is 0.116. The van der Waals surface area contributed by atoms with Gasteiger partial charge < -0.3 is 4.90 Å². The van der Waals surface area contributed by atoms with E-state index in [9.17, 15) is 4.79 Å². The second kappa shape index (κ2) is 8.24. The maximum atomic E-state index is 13.6. The van der Waals surface area contributed by atoms with Crippen LogP contribution in [-0.2, 0) is 6.54 Å². The van der Waals surface area contributed by atoms with E-state index in [2.05, 4.69) is 33.3 Å². The van der Waals surface area contributed by atoms with Gasteiger partial charge in [-0.3, -0.25) is 15.6 Å². The summed E-state index contributed by atoms with van der Waals surface area (Å²) in [6, 6.07) is 10.8. The zero-order chi connectivity index (χ0) is 19.6. The fourth-order valence-corrected chi connectivity index (χ4v) is 5.18. The number of fused-ring (bicyclic) bond motifs is 1. The van der Waals surface area contributed by atoms with Crippen molar-refractivity contribution >= 4 is 5.91 Å². The van der Waals surface area contributed by atoms with Crippen LogP contribution in [0.25, 0.3) is 0 Å². The van der Waals surface area contributed by atoms with Crippen molar-refractivity contribution in [2.45, 2.75) is 57.0 Å². The van der Waals surface area contributed by atoms with E-state index < -0.39 is 0 Å². The molecule has 3 heterocycles. The molecule has 0 radical (unpaired) electrons. The van der Waals surface area contributed by atoms with Crippen LogP contribution in [0.1, 0.15) is 66.2 Å². The van der Waals surface area contributed by atoms with Crippen LogP contribution >= 0.6 is 0 Å². The Morgan fingerprint density at radius 2 is 1.93 bits per heavy atom. The summed E-state index contributed by atoms with van der Waals surface area (Å²) >= 11 is 0. The first-order valence-corrected chi connectivity index (χ1v) is 11.0. The number of likely N-dealkylation sites (tertiary alicyclic amines) is 1. The minimum atomic E-state index is 0.116. The Morgan fingerprint density at radius 1 is 1.10 bits per heavy atom. The molecule has 0 spiro atoms. The van der Waals surface area contributed by atoms with Crippen LogP contribution in [0.2, 0.25) is 0 Å². The lowest BCUT2D eigenvalue weighted by atomic mass is 9.77. The summed E-state index contributed by atoms with van der Waals surface area (Å²) in [5, 5.41) is 9.07. The summed E-state index contributed by atoms with van der Waals surface area (Å²) in [6.45, 7) is 3.27. The van der Waals surface area contributed by atoms with Crippen LogP contribution < -0.4 is 10.9 Å². The van der Waals surface area contributed by atoms with E-state index in [1.54, 1.807) is 0 Å². The number of hydrogen-bond acceptors (Lipinski definition) is 5. The molecule has 7 nitrogen and oxygen atoms in total. The van der Waals surface area contributed by atoms with Crippen LogP contribution in [0.5, 0.6) is 0 Å². The van der Waals surface area contributed by atoms with E-state index in [0.717, 1.165) is 68.7 Å². The van der Waals surface area contributed by atoms with Gasteiger partial charge in [0, 0.05) is 31.6 Å². The third-order valence-electron chi connectivity index (χ3n) is 6.80. The molecular formula is C22H30N6O. The number of piperidine rings is 1. The number of hydrogen-bond donors (Lipinski definition) is 2. The Bertz CT molecular complexity index is 844. The van der Waals surface area contributed by atoms with Crippen molar-refractivity contribution in [1.82, 2.24) is 30.7 Å². The van der Waals surface area contributed by atoms with Gasteiger partial charge in [-0.1, -0.05) is 35.5 Å². The lowest BCUT2D eigenvalue weighted by molar-refractivity contribution is 0.0709. The molecule has 5 rings (SSSR count). The molecule has 3 aliphatic rings. The van der Waals surface area contributed by atoms with E-state index in [0.29, 0.717) is 24.4 Å². The van der Waals surface area contributed by atoms with Gasteiger partial charge in [0.1, 0.15) is 0 Å². The van der Waals surface area contributed by atoms with Crippen molar-refractivity contribution in [3.8, 4) is 0 Å². The highest BCUT2D eigenvalue weighted by molar-refractivity contribution is 5.93. The van der Waals surface area contributed by atoms with Gasteiger partial charge in [0.15, 0.2) is 5.69 Å². The van der Waals surface area contributed by atoms with Gasteiger partial charge in [-0.2, -0.15) is 0 Å². The molecular weight excluding hydrogens is 364 g/mol. The standard InChI is InChI=1S/C22H30N6O/c29-22(27-11-5-2-6-12-27)21-20(17-9-10-19-18(13-17)14-23-24-19)25-26-28(21)15-16-7-3-1-4-8-16/h1,3-4,7-8,17-19,23-24H,2,5-6,9-15H2. The van der Waals surface area contributed by atoms with Gasteiger partial charge in [0.2, 0.25) is 0 Å². The zero-order valence-corrected chi connectivity index (χ0v) is 16.9. The van der Waals surface area contributed by atoms with E-state index in [-0.39, 0.29) is 5.91 Å². The summed E-state index contributed by atoms with van der Waals surface area (Å²) in [4.78, 5) is 15.6. The summed E-state index contributed by atoms with van der Waals surface area (Å²) < 4.78 is 1.85. The molecule has 1 aromatic carbocycles. The Morgan fingerprint density at radius 3 is 2.76 bits per heavy atom. The fraction of sp³-hybridized carbons (Fsp3) is 0.591. The van der Waals surface area contributed by atoms with E-state index >= 15 is 0 Å². The first-order chi connectivity index (χ1) is 14.3. The average Bonchev–Trinajstić information content (AvgIpc) is 3.41. The predicted octanol–water partition coefficient (Wildman–Crippen LogP) is 2.31. The molecule has 3 fully saturated rings. The highest BCUT2D eigenvalue weighted by atomic mass is 16.2. The lowest BCUT2D eigenvalue weighted by Gasteiger charge is -2.31. The Balaban J connectivity index is 1.46. The number of carbonyl (C=O) groups excluding carboxylic acids is 1. The summed E-state index contributed by atoms with van der Waals surface area (Å²) in [6.07, 6.45) is 6.63. The average molecular weight is 395 g/mol. The third kappa shape index (κ3) is 3.81. The van der Waals surface area contributed by atoms with Crippen molar-refractivity contribution < 1.29 is 4.79 Å². The smallest absolute Gasteiger partial charge is 0.274 e. The SMILES string of the molecule is O=C(c1c(C2CCC3NNCC3C2)nnn1Cc1ccccc1)N1CCCCC1. The second-order valence-corrected chi connectivity index (χ2v) is 8.72. The lowest BCUT2D eigenvalue weighted by Crippen LogP contribution is -2.38.